The number of benzene rings is 4. The smallest absolute Gasteiger partial charge is 0.264 e. The van der Waals surface area contributed by atoms with E-state index in [9.17, 15) is 18.0 Å². The number of nitrogens with one attached hydrogen (secondary N) is 1. The number of amides is 2. The van der Waals surface area contributed by atoms with Gasteiger partial charge in [-0.05, 0) is 79.1 Å². The monoisotopic (exact) mass is 667 g/mol. The number of sulfonamides is 1. The Morgan fingerprint density at radius 3 is 2.02 bits per heavy atom. The van der Waals surface area contributed by atoms with Crippen LogP contribution in [0, 0.1) is 5.92 Å². The number of carbonyl (C=O) groups excluding carboxylic acids is 2. The highest BCUT2D eigenvalue weighted by atomic mass is 35.5. The largest absolute Gasteiger partial charge is 0.457 e. The molecule has 0 saturated carbocycles. The van der Waals surface area contributed by atoms with E-state index in [0.717, 1.165) is 4.31 Å². The summed E-state index contributed by atoms with van der Waals surface area (Å²) < 4.78 is 34.9. The number of halogens is 2. The molecule has 1 atom stereocenters. The third kappa shape index (κ3) is 9.00. The molecular formula is C34H35Cl2N3O5S. The lowest BCUT2D eigenvalue weighted by Gasteiger charge is -2.32. The lowest BCUT2D eigenvalue weighted by atomic mass is 10.1. The van der Waals surface area contributed by atoms with Crippen LogP contribution in [-0.2, 0) is 26.2 Å². The van der Waals surface area contributed by atoms with Crippen LogP contribution < -0.4 is 14.4 Å². The van der Waals surface area contributed by atoms with Crippen LogP contribution in [0.1, 0.15) is 26.3 Å². The Balaban J connectivity index is 1.70. The number of carbonyl (C=O) groups is 2. The molecule has 0 aliphatic carbocycles. The number of para-hydroxylation sites is 1. The standard InChI is InChI=1S/C34H35Cl2N3O5S/c1-24(2)21-37-34(41)25(3)38(22-26-14-15-27(35)20-32(26)36)33(40)23-39(45(42,43)31-12-8-5-9-13-31)28-16-18-30(19-17-28)44-29-10-6-4-7-11-29/h4-20,24-25H,21-23H2,1-3H3,(H,37,41). The summed E-state index contributed by atoms with van der Waals surface area (Å²) in [5.74, 6) is 0.328. The van der Waals surface area contributed by atoms with E-state index in [-0.39, 0.29) is 29.0 Å². The van der Waals surface area contributed by atoms with Gasteiger partial charge in [0.25, 0.3) is 10.0 Å². The van der Waals surface area contributed by atoms with E-state index in [1.54, 1.807) is 79.7 Å². The fraction of sp³-hybridized carbons (Fsp3) is 0.235. The summed E-state index contributed by atoms with van der Waals surface area (Å²) in [6, 6.07) is 27.4. The maximum Gasteiger partial charge on any atom is 0.264 e. The predicted octanol–water partition coefficient (Wildman–Crippen LogP) is 7.17. The molecule has 4 rings (SSSR count). The molecule has 0 radical (unpaired) electrons. The Kier molecular flexibility index (Phi) is 11.5. The van der Waals surface area contributed by atoms with Gasteiger partial charge in [-0.3, -0.25) is 13.9 Å². The lowest BCUT2D eigenvalue weighted by molar-refractivity contribution is -0.139. The van der Waals surface area contributed by atoms with Gasteiger partial charge in [0, 0.05) is 23.1 Å². The summed E-state index contributed by atoms with van der Waals surface area (Å²) in [5.41, 5.74) is 0.798. The van der Waals surface area contributed by atoms with E-state index in [4.69, 9.17) is 27.9 Å². The zero-order valence-corrected chi connectivity index (χ0v) is 27.5. The van der Waals surface area contributed by atoms with Crippen LogP contribution in [0.25, 0.3) is 0 Å². The second kappa shape index (κ2) is 15.3. The molecule has 1 N–H and O–H groups in total. The molecule has 0 aliphatic rings. The van der Waals surface area contributed by atoms with E-state index in [0.29, 0.717) is 33.7 Å². The minimum absolute atomic E-state index is 0.0115. The lowest BCUT2D eigenvalue weighted by Crippen LogP contribution is -2.51. The Morgan fingerprint density at radius 1 is 0.822 bits per heavy atom. The van der Waals surface area contributed by atoms with Gasteiger partial charge in [-0.2, -0.15) is 0 Å². The summed E-state index contributed by atoms with van der Waals surface area (Å²) in [5, 5.41) is 3.60. The van der Waals surface area contributed by atoms with E-state index >= 15 is 0 Å². The summed E-state index contributed by atoms with van der Waals surface area (Å²) in [4.78, 5) is 28.6. The maximum absolute atomic E-state index is 14.1. The minimum atomic E-state index is -4.21. The predicted molar refractivity (Wildman–Crippen MR) is 178 cm³/mol. The molecule has 8 nitrogen and oxygen atoms in total. The van der Waals surface area contributed by atoms with E-state index < -0.39 is 28.5 Å². The van der Waals surface area contributed by atoms with Gasteiger partial charge in [-0.15, -0.1) is 0 Å². The van der Waals surface area contributed by atoms with Gasteiger partial charge in [0.15, 0.2) is 0 Å². The topological polar surface area (TPSA) is 96.0 Å². The summed E-state index contributed by atoms with van der Waals surface area (Å²) >= 11 is 12.5. The zero-order chi connectivity index (χ0) is 32.6. The van der Waals surface area contributed by atoms with Gasteiger partial charge in [0.05, 0.1) is 10.6 Å². The first-order valence-corrected chi connectivity index (χ1v) is 16.6. The molecule has 0 heterocycles. The van der Waals surface area contributed by atoms with Gasteiger partial charge in [0.1, 0.15) is 24.1 Å². The van der Waals surface area contributed by atoms with E-state index in [1.165, 1.54) is 17.0 Å². The first kappa shape index (κ1) is 33.8. The number of ether oxygens (including phenoxy) is 1. The van der Waals surface area contributed by atoms with Gasteiger partial charge in [-0.1, -0.05) is 79.5 Å². The molecular weight excluding hydrogens is 633 g/mol. The summed E-state index contributed by atoms with van der Waals surface area (Å²) in [6.07, 6.45) is 0. The fourth-order valence-corrected chi connectivity index (χ4v) is 6.33. The highest BCUT2D eigenvalue weighted by Crippen LogP contribution is 2.29. The normalized spacial score (nSPS) is 12.0. The average Bonchev–Trinajstić information content (AvgIpc) is 3.03. The molecule has 11 heteroatoms. The van der Waals surface area contributed by atoms with Crippen LogP contribution in [0.15, 0.2) is 108 Å². The van der Waals surface area contributed by atoms with Crippen LogP contribution in [0.5, 0.6) is 11.5 Å². The molecule has 0 spiro atoms. The highest BCUT2D eigenvalue weighted by Gasteiger charge is 2.33. The van der Waals surface area contributed by atoms with Crippen LogP contribution >= 0.6 is 23.2 Å². The fourth-order valence-electron chi connectivity index (χ4n) is 4.42. The molecule has 0 saturated heterocycles. The number of hydrogen-bond acceptors (Lipinski definition) is 5. The quantitative estimate of drug-likeness (QED) is 0.163. The molecule has 45 heavy (non-hydrogen) atoms. The molecule has 0 bridgehead atoms. The van der Waals surface area contributed by atoms with Gasteiger partial charge >= 0.3 is 0 Å². The third-order valence-electron chi connectivity index (χ3n) is 6.92. The van der Waals surface area contributed by atoms with Gasteiger partial charge < -0.3 is 15.0 Å². The van der Waals surface area contributed by atoms with Crippen molar-refractivity contribution >= 4 is 50.7 Å². The van der Waals surface area contributed by atoms with Crippen molar-refractivity contribution in [2.24, 2.45) is 5.92 Å². The minimum Gasteiger partial charge on any atom is -0.457 e. The summed E-state index contributed by atoms with van der Waals surface area (Å²) in [7, 11) is -4.21. The van der Waals surface area contributed by atoms with Crippen molar-refractivity contribution in [1.29, 1.82) is 0 Å². The molecule has 0 aliphatic heterocycles. The Bertz CT molecular complexity index is 1700. The first-order valence-electron chi connectivity index (χ1n) is 14.4. The number of rotatable bonds is 13. The van der Waals surface area contributed by atoms with Crippen molar-refractivity contribution in [3.63, 3.8) is 0 Å². The van der Waals surface area contributed by atoms with Crippen molar-refractivity contribution in [1.82, 2.24) is 10.2 Å². The molecule has 0 aromatic heterocycles. The van der Waals surface area contributed by atoms with Crippen LogP contribution in [0.2, 0.25) is 10.0 Å². The molecule has 2 amide bonds. The second-order valence-corrected chi connectivity index (χ2v) is 13.5. The number of anilines is 1. The second-order valence-electron chi connectivity index (χ2n) is 10.8. The van der Waals surface area contributed by atoms with Crippen LogP contribution in [0.3, 0.4) is 0 Å². The van der Waals surface area contributed by atoms with Gasteiger partial charge in [0.2, 0.25) is 11.8 Å². The van der Waals surface area contributed by atoms with E-state index in [1.807, 2.05) is 32.0 Å². The van der Waals surface area contributed by atoms with Crippen LogP contribution in [-0.4, -0.2) is 44.3 Å². The number of hydrogen-bond donors (Lipinski definition) is 1. The Hall–Kier alpha value is -4.05. The number of nitrogens with zero attached hydrogens (tertiary/aromatic N) is 2. The first-order chi connectivity index (χ1) is 21.5. The molecule has 4 aromatic carbocycles. The van der Waals surface area contributed by atoms with Crippen molar-refractivity contribution in [3.05, 3.63) is 119 Å². The van der Waals surface area contributed by atoms with Crippen molar-refractivity contribution in [2.75, 3.05) is 17.4 Å². The zero-order valence-electron chi connectivity index (χ0n) is 25.2. The van der Waals surface area contributed by atoms with Crippen molar-refractivity contribution < 1.29 is 22.7 Å². The SMILES string of the molecule is CC(C)CNC(=O)C(C)N(Cc1ccc(Cl)cc1Cl)C(=O)CN(c1ccc(Oc2ccccc2)cc1)S(=O)(=O)c1ccccc1. The summed E-state index contributed by atoms with van der Waals surface area (Å²) in [6.45, 7) is 5.31. The van der Waals surface area contributed by atoms with Gasteiger partial charge in [-0.25, -0.2) is 8.42 Å². The third-order valence-corrected chi connectivity index (χ3v) is 9.30. The maximum atomic E-state index is 14.1. The molecule has 4 aromatic rings. The molecule has 0 fully saturated rings. The Labute approximate surface area is 274 Å². The van der Waals surface area contributed by atoms with Crippen molar-refractivity contribution in [3.8, 4) is 11.5 Å². The molecule has 1 unspecified atom stereocenters. The highest BCUT2D eigenvalue weighted by molar-refractivity contribution is 7.92. The average molecular weight is 669 g/mol. The molecule has 236 valence electrons. The van der Waals surface area contributed by atoms with Crippen LogP contribution in [0.4, 0.5) is 5.69 Å². The van der Waals surface area contributed by atoms with E-state index in [2.05, 4.69) is 5.32 Å². The van der Waals surface area contributed by atoms with Crippen molar-refractivity contribution in [2.45, 2.75) is 38.3 Å². The Morgan fingerprint density at radius 2 is 1.42 bits per heavy atom.